The van der Waals surface area contributed by atoms with Crippen molar-refractivity contribution in [2.24, 2.45) is 0 Å². The summed E-state index contributed by atoms with van der Waals surface area (Å²) in [4.78, 5) is 4.61. The molecule has 26 heavy (non-hydrogen) atoms. The number of nitrogens with zero attached hydrogens (tertiary/aromatic N) is 1. The van der Waals surface area contributed by atoms with Crippen molar-refractivity contribution in [3.63, 3.8) is 0 Å². The summed E-state index contributed by atoms with van der Waals surface area (Å²) in [7, 11) is 0. The van der Waals surface area contributed by atoms with Crippen molar-refractivity contribution in [2.45, 2.75) is 26.2 Å². The molecule has 0 aliphatic carbocycles. The Morgan fingerprint density at radius 3 is 2.12 bits per heavy atom. The second-order valence-electron chi connectivity index (χ2n) is 7.79. The summed E-state index contributed by atoms with van der Waals surface area (Å²) in [6.45, 7) is 6.76. The lowest BCUT2D eigenvalue weighted by atomic mass is 9.85. The molecule has 1 nitrogen and oxygen atoms in total. The Balaban J connectivity index is 1.83. The van der Waals surface area contributed by atoms with Gasteiger partial charge in [-0.05, 0) is 39.8 Å². The largest absolute Gasteiger partial charge is 0.256 e. The lowest BCUT2D eigenvalue weighted by Gasteiger charge is -2.20. The third-order valence-corrected chi connectivity index (χ3v) is 4.87. The van der Waals surface area contributed by atoms with Crippen LogP contribution in [0.2, 0.25) is 0 Å². The molecule has 4 aromatic rings. The van der Waals surface area contributed by atoms with Gasteiger partial charge in [0.15, 0.2) is 0 Å². The molecule has 4 rings (SSSR count). The molecule has 0 unspecified atom stereocenters. The van der Waals surface area contributed by atoms with Crippen molar-refractivity contribution < 1.29 is 0 Å². The minimum atomic E-state index is 0.146. The van der Waals surface area contributed by atoms with Crippen LogP contribution in [-0.2, 0) is 5.41 Å². The molecular formula is C25H23N. The Labute approximate surface area is 155 Å². The van der Waals surface area contributed by atoms with E-state index in [4.69, 9.17) is 0 Å². The standard InChI is InChI=1S/C25H23N/c1-25(2,3)22-13-5-10-20(17-22)19-9-4-11-21(16-19)23-14-6-8-18-12-7-15-26-24(18)23/h4-17H,1-3H3. The summed E-state index contributed by atoms with van der Waals surface area (Å²) in [6, 6.07) is 28.1. The summed E-state index contributed by atoms with van der Waals surface area (Å²) in [5, 5.41) is 1.17. The first kappa shape index (κ1) is 16.5. The van der Waals surface area contributed by atoms with Gasteiger partial charge in [-0.25, -0.2) is 0 Å². The number of pyridine rings is 1. The van der Waals surface area contributed by atoms with Crippen LogP contribution in [0, 0.1) is 0 Å². The molecule has 0 spiro atoms. The van der Waals surface area contributed by atoms with Gasteiger partial charge in [-0.3, -0.25) is 4.98 Å². The molecule has 0 bridgehead atoms. The van der Waals surface area contributed by atoms with Crippen LogP contribution in [0.25, 0.3) is 33.2 Å². The van der Waals surface area contributed by atoms with Crippen LogP contribution in [0.15, 0.2) is 85.1 Å². The first-order valence-corrected chi connectivity index (χ1v) is 9.07. The Morgan fingerprint density at radius 2 is 1.31 bits per heavy atom. The summed E-state index contributed by atoms with van der Waals surface area (Å²) >= 11 is 0. The number of rotatable bonds is 2. The summed E-state index contributed by atoms with van der Waals surface area (Å²) in [5.41, 5.74) is 7.43. The van der Waals surface area contributed by atoms with Crippen LogP contribution in [0.5, 0.6) is 0 Å². The maximum Gasteiger partial charge on any atom is 0.0780 e. The third kappa shape index (κ3) is 3.13. The van der Waals surface area contributed by atoms with Gasteiger partial charge in [0.05, 0.1) is 5.52 Å². The number of benzene rings is 3. The summed E-state index contributed by atoms with van der Waals surface area (Å²) in [5.74, 6) is 0. The number of fused-ring (bicyclic) bond motifs is 1. The van der Waals surface area contributed by atoms with Crippen molar-refractivity contribution in [3.8, 4) is 22.3 Å². The molecule has 0 N–H and O–H groups in total. The van der Waals surface area contributed by atoms with E-state index in [1.165, 1.54) is 33.2 Å². The zero-order chi connectivity index (χ0) is 18.1. The molecule has 0 fully saturated rings. The van der Waals surface area contributed by atoms with Crippen LogP contribution in [-0.4, -0.2) is 4.98 Å². The second kappa shape index (κ2) is 6.42. The molecule has 0 aliphatic heterocycles. The molecule has 0 saturated heterocycles. The lowest BCUT2D eigenvalue weighted by Crippen LogP contribution is -2.10. The smallest absolute Gasteiger partial charge is 0.0780 e. The van der Waals surface area contributed by atoms with E-state index < -0.39 is 0 Å². The highest BCUT2D eigenvalue weighted by atomic mass is 14.6. The van der Waals surface area contributed by atoms with Gasteiger partial charge in [0.2, 0.25) is 0 Å². The van der Waals surface area contributed by atoms with Crippen molar-refractivity contribution in [1.82, 2.24) is 4.98 Å². The van der Waals surface area contributed by atoms with E-state index in [9.17, 15) is 0 Å². The predicted molar refractivity (Wildman–Crippen MR) is 111 cm³/mol. The molecule has 0 aliphatic rings. The van der Waals surface area contributed by atoms with Crippen molar-refractivity contribution >= 4 is 10.9 Å². The number of hydrogen-bond acceptors (Lipinski definition) is 1. The highest BCUT2D eigenvalue weighted by Gasteiger charge is 2.14. The van der Waals surface area contributed by atoms with E-state index in [1.54, 1.807) is 0 Å². The fourth-order valence-corrected chi connectivity index (χ4v) is 3.37. The lowest BCUT2D eigenvalue weighted by molar-refractivity contribution is 0.590. The molecule has 1 heteroatoms. The van der Waals surface area contributed by atoms with E-state index in [2.05, 4.69) is 98.6 Å². The van der Waals surface area contributed by atoms with Crippen LogP contribution in [0.4, 0.5) is 0 Å². The minimum absolute atomic E-state index is 0.146. The fourth-order valence-electron chi connectivity index (χ4n) is 3.37. The maximum atomic E-state index is 4.61. The van der Waals surface area contributed by atoms with Crippen molar-refractivity contribution in [3.05, 3.63) is 90.6 Å². The van der Waals surface area contributed by atoms with Gasteiger partial charge in [-0.2, -0.15) is 0 Å². The average molecular weight is 337 g/mol. The SMILES string of the molecule is CC(C)(C)c1cccc(-c2cccc(-c3cccc4cccnc34)c2)c1. The Hall–Kier alpha value is -2.93. The van der Waals surface area contributed by atoms with Gasteiger partial charge in [-0.15, -0.1) is 0 Å². The quantitative estimate of drug-likeness (QED) is 0.389. The highest BCUT2D eigenvalue weighted by Crippen LogP contribution is 2.32. The molecule has 0 atom stereocenters. The molecule has 0 amide bonds. The van der Waals surface area contributed by atoms with Gasteiger partial charge in [0.25, 0.3) is 0 Å². The maximum absolute atomic E-state index is 4.61. The van der Waals surface area contributed by atoms with Crippen LogP contribution in [0.3, 0.4) is 0 Å². The number of para-hydroxylation sites is 1. The summed E-state index contributed by atoms with van der Waals surface area (Å²) < 4.78 is 0. The molecule has 0 radical (unpaired) electrons. The zero-order valence-electron chi connectivity index (χ0n) is 15.5. The molecule has 1 aromatic heterocycles. The monoisotopic (exact) mass is 337 g/mol. The highest BCUT2D eigenvalue weighted by molar-refractivity contribution is 5.94. The van der Waals surface area contributed by atoms with Crippen LogP contribution >= 0.6 is 0 Å². The van der Waals surface area contributed by atoms with Crippen molar-refractivity contribution in [2.75, 3.05) is 0 Å². The predicted octanol–water partition coefficient (Wildman–Crippen LogP) is 6.87. The molecule has 1 heterocycles. The van der Waals surface area contributed by atoms with E-state index in [-0.39, 0.29) is 5.41 Å². The first-order valence-electron chi connectivity index (χ1n) is 9.07. The Bertz CT molecular complexity index is 1070. The van der Waals surface area contributed by atoms with Gasteiger partial charge in [0, 0.05) is 17.1 Å². The summed E-state index contributed by atoms with van der Waals surface area (Å²) in [6.07, 6.45) is 1.86. The fraction of sp³-hybridized carbons (Fsp3) is 0.160. The van der Waals surface area contributed by atoms with Gasteiger partial charge >= 0.3 is 0 Å². The first-order chi connectivity index (χ1) is 12.5. The molecular weight excluding hydrogens is 314 g/mol. The molecule has 0 saturated carbocycles. The third-order valence-electron chi connectivity index (χ3n) is 4.87. The average Bonchev–Trinajstić information content (AvgIpc) is 2.67. The Kier molecular flexibility index (Phi) is 4.08. The van der Waals surface area contributed by atoms with Crippen LogP contribution in [0.1, 0.15) is 26.3 Å². The van der Waals surface area contributed by atoms with Gasteiger partial charge in [-0.1, -0.05) is 87.5 Å². The van der Waals surface area contributed by atoms with Crippen LogP contribution < -0.4 is 0 Å². The molecule has 3 aromatic carbocycles. The van der Waals surface area contributed by atoms with Gasteiger partial charge < -0.3 is 0 Å². The Morgan fingerprint density at radius 1 is 0.654 bits per heavy atom. The van der Waals surface area contributed by atoms with E-state index >= 15 is 0 Å². The normalized spacial score (nSPS) is 11.7. The number of aromatic nitrogens is 1. The zero-order valence-corrected chi connectivity index (χ0v) is 15.5. The minimum Gasteiger partial charge on any atom is -0.256 e. The molecule has 128 valence electrons. The van der Waals surface area contributed by atoms with E-state index in [0.29, 0.717) is 0 Å². The second-order valence-corrected chi connectivity index (χ2v) is 7.79. The number of hydrogen-bond donors (Lipinski definition) is 0. The van der Waals surface area contributed by atoms with Crippen molar-refractivity contribution in [1.29, 1.82) is 0 Å². The van der Waals surface area contributed by atoms with E-state index in [0.717, 1.165) is 5.52 Å². The topological polar surface area (TPSA) is 12.9 Å². The van der Waals surface area contributed by atoms with Gasteiger partial charge in [0.1, 0.15) is 0 Å². The van der Waals surface area contributed by atoms with E-state index in [1.807, 2.05) is 12.3 Å².